The second kappa shape index (κ2) is 9.25. The van der Waals surface area contributed by atoms with E-state index in [1.54, 1.807) is 11.0 Å². The van der Waals surface area contributed by atoms with Crippen LogP contribution in [0, 0.1) is 24.0 Å². The van der Waals surface area contributed by atoms with Gasteiger partial charge in [0.1, 0.15) is 5.37 Å². The average molecular weight is 482 g/mol. The summed E-state index contributed by atoms with van der Waals surface area (Å²) < 4.78 is 0. The second-order valence-electron chi connectivity index (χ2n) is 7.70. The molecular formula is C24H20ClN3O4S. The molecule has 9 heteroatoms. The molecule has 168 valence electrons. The summed E-state index contributed by atoms with van der Waals surface area (Å²) in [6.07, 6.45) is 0. The molecule has 1 atom stereocenters. The van der Waals surface area contributed by atoms with Crippen LogP contribution in [0.4, 0.5) is 17.1 Å². The molecule has 0 bridgehead atoms. The van der Waals surface area contributed by atoms with E-state index < -0.39 is 10.8 Å². The van der Waals surface area contributed by atoms with Crippen molar-refractivity contribution in [2.45, 2.75) is 19.2 Å². The number of benzene rings is 3. The first-order valence-electron chi connectivity index (χ1n) is 10.1. The molecule has 1 saturated heterocycles. The topological polar surface area (TPSA) is 92.6 Å². The number of nitrogens with one attached hydrogen (secondary N) is 1. The van der Waals surface area contributed by atoms with Crippen LogP contribution in [0.2, 0.25) is 5.02 Å². The number of aryl methyl sites for hydroxylation is 2. The van der Waals surface area contributed by atoms with Gasteiger partial charge in [-0.2, -0.15) is 0 Å². The van der Waals surface area contributed by atoms with Gasteiger partial charge in [-0.25, -0.2) is 0 Å². The quantitative estimate of drug-likeness (QED) is 0.362. The van der Waals surface area contributed by atoms with E-state index in [4.69, 9.17) is 11.6 Å². The van der Waals surface area contributed by atoms with Crippen LogP contribution >= 0.6 is 23.4 Å². The highest BCUT2D eigenvalue weighted by Gasteiger charge is 2.34. The molecule has 1 unspecified atom stereocenters. The minimum atomic E-state index is -0.571. The summed E-state index contributed by atoms with van der Waals surface area (Å²) in [5.41, 5.74) is 4.46. The molecule has 0 spiro atoms. The molecule has 7 nitrogen and oxygen atoms in total. The molecule has 1 heterocycles. The fraction of sp³-hybridized carbons (Fsp3) is 0.167. The number of carbonyl (C=O) groups is 2. The summed E-state index contributed by atoms with van der Waals surface area (Å²) in [5.74, 6) is -0.0828. The number of nitro benzene ring substituents is 1. The van der Waals surface area contributed by atoms with Crippen molar-refractivity contribution in [2.24, 2.45) is 0 Å². The molecule has 1 aliphatic rings. The third-order valence-corrected chi connectivity index (χ3v) is 7.00. The van der Waals surface area contributed by atoms with Gasteiger partial charge in [-0.15, -0.1) is 11.8 Å². The minimum Gasteiger partial charge on any atom is -0.322 e. The van der Waals surface area contributed by atoms with E-state index in [9.17, 15) is 19.7 Å². The van der Waals surface area contributed by atoms with Crippen molar-refractivity contribution in [3.05, 3.63) is 98.1 Å². The van der Waals surface area contributed by atoms with Gasteiger partial charge in [-0.3, -0.25) is 24.6 Å². The van der Waals surface area contributed by atoms with E-state index in [-0.39, 0.29) is 27.6 Å². The molecule has 1 fully saturated rings. The zero-order valence-corrected chi connectivity index (χ0v) is 19.4. The van der Waals surface area contributed by atoms with Crippen LogP contribution in [-0.4, -0.2) is 22.5 Å². The fourth-order valence-electron chi connectivity index (χ4n) is 3.60. The summed E-state index contributed by atoms with van der Waals surface area (Å²) >= 11 is 7.61. The number of halogens is 1. The summed E-state index contributed by atoms with van der Waals surface area (Å²) in [7, 11) is 0. The van der Waals surface area contributed by atoms with Crippen LogP contribution in [0.25, 0.3) is 0 Å². The molecule has 0 aliphatic carbocycles. The molecule has 0 aromatic heterocycles. The maximum atomic E-state index is 12.7. The summed E-state index contributed by atoms with van der Waals surface area (Å²) in [6.45, 7) is 4.04. The Balaban J connectivity index is 1.58. The van der Waals surface area contributed by atoms with Gasteiger partial charge >= 0.3 is 0 Å². The Bertz CT molecular complexity index is 1280. The van der Waals surface area contributed by atoms with Gasteiger partial charge < -0.3 is 5.32 Å². The number of hydrogen-bond acceptors (Lipinski definition) is 5. The summed E-state index contributed by atoms with van der Waals surface area (Å²) in [5, 5.41) is 13.5. The molecule has 1 aliphatic heterocycles. The molecule has 4 rings (SSSR count). The van der Waals surface area contributed by atoms with Crippen molar-refractivity contribution in [3.8, 4) is 0 Å². The highest BCUT2D eigenvalue weighted by molar-refractivity contribution is 8.00. The lowest BCUT2D eigenvalue weighted by atomic mass is 10.1. The van der Waals surface area contributed by atoms with Crippen LogP contribution in [0.15, 0.2) is 60.7 Å². The van der Waals surface area contributed by atoms with Crippen molar-refractivity contribution in [1.29, 1.82) is 0 Å². The van der Waals surface area contributed by atoms with Crippen LogP contribution < -0.4 is 10.2 Å². The zero-order chi connectivity index (χ0) is 23.7. The Hall–Kier alpha value is -3.36. The van der Waals surface area contributed by atoms with Crippen LogP contribution in [0.3, 0.4) is 0 Å². The molecule has 2 amide bonds. The molecular weight excluding hydrogens is 462 g/mol. The highest BCUT2D eigenvalue weighted by atomic mass is 35.5. The largest absolute Gasteiger partial charge is 0.322 e. The monoisotopic (exact) mass is 481 g/mol. The Morgan fingerprint density at radius 3 is 2.61 bits per heavy atom. The van der Waals surface area contributed by atoms with Gasteiger partial charge in [0.15, 0.2) is 0 Å². The molecule has 33 heavy (non-hydrogen) atoms. The van der Waals surface area contributed by atoms with Gasteiger partial charge in [0.05, 0.1) is 21.3 Å². The van der Waals surface area contributed by atoms with Gasteiger partial charge in [0, 0.05) is 23.5 Å². The molecule has 0 radical (unpaired) electrons. The first-order valence-corrected chi connectivity index (χ1v) is 11.5. The van der Waals surface area contributed by atoms with Crippen LogP contribution in [0.1, 0.15) is 32.4 Å². The number of rotatable bonds is 5. The predicted octanol–water partition coefficient (Wildman–Crippen LogP) is 5.90. The van der Waals surface area contributed by atoms with Crippen molar-refractivity contribution in [2.75, 3.05) is 16.0 Å². The molecule has 1 N–H and O–H groups in total. The molecule has 0 saturated carbocycles. The zero-order valence-electron chi connectivity index (χ0n) is 17.9. The van der Waals surface area contributed by atoms with Crippen molar-refractivity contribution in [1.82, 2.24) is 0 Å². The summed E-state index contributed by atoms with van der Waals surface area (Å²) in [6, 6.07) is 17.0. The summed E-state index contributed by atoms with van der Waals surface area (Å²) in [4.78, 5) is 37.5. The number of thioether (sulfide) groups is 1. The third-order valence-electron chi connectivity index (χ3n) is 5.47. The lowest BCUT2D eigenvalue weighted by Crippen LogP contribution is -2.28. The smallest absolute Gasteiger partial charge is 0.270 e. The SMILES string of the molecule is Cc1ccc(N2C(=O)CSC2c2cccc(NC(=O)c3ccc([N+](=O)[O-])cc3Cl)c2)cc1C. The second-order valence-corrected chi connectivity index (χ2v) is 9.17. The Kier molecular flexibility index (Phi) is 6.40. The number of non-ortho nitro benzene ring substituents is 1. The first-order chi connectivity index (χ1) is 15.7. The Labute approximate surface area is 199 Å². The van der Waals surface area contributed by atoms with E-state index in [1.165, 1.54) is 23.9 Å². The lowest BCUT2D eigenvalue weighted by molar-refractivity contribution is -0.384. The van der Waals surface area contributed by atoms with Crippen molar-refractivity contribution < 1.29 is 14.5 Å². The fourth-order valence-corrected chi connectivity index (χ4v) is 5.02. The Morgan fingerprint density at radius 1 is 1.12 bits per heavy atom. The van der Waals surface area contributed by atoms with Gasteiger partial charge in [0.2, 0.25) is 5.91 Å². The number of carbonyl (C=O) groups excluding carboxylic acids is 2. The van der Waals surface area contributed by atoms with E-state index in [0.29, 0.717) is 11.4 Å². The highest BCUT2D eigenvalue weighted by Crippen LogP contribution is 2.42. The number of amides is 2. The maximum Gasteiger partial charge on any atom is 0.270 e. The number of nitrogens with zero attached hydrogens (tertiary/aromatic N) is 2. The normalized spacial score (nSPS) is 15.5. The predicted molar refractivity (Wildman–Crippen MR) is 131 cm³/mol. The van der Waals surface area contributed by atoms with Crippen LogP contribution in [0.5, 0.6) is 0 Å². The minimum absolute atomic E-state index is 0.00397. The van der Waals surface area contributed by atoms with E-state index >= 15 is 0 Å². The first kappa shape index (κ1) is 22.8. The van der Waals surface area contributed by atoms with Crippen molar-refractivity contribution in [3.63, 3.8) is 0 Å². The van der Waals surface area contributed by atoms with Gasteiger partial charge in [0.25, 0.3) is 11.6 Å². The lowest BCUT2D eigenvalue weighted by Gasteiger charge is -2.25. The Morgan fingerprint density at radius 2 is 1.91 bits per heavy atom. The third kappa shape index (κ3) is 4.72. The number of anilines is 2. The van der Waals surface area contributed by atoms with E-state index in [2.05, 4.69) is 5.32 Å². The van der Waals surface area contributed by atoms with Gasteiger partial charge in [-0.1, -0.05) is 29.8 Å². The standard InChI is InChI=1S/C24H20ClN3O4S/c1-14-6-7-18(10-15(14)2)27-22(29)13-33-24(27)16-4-3-5-17(11-16)26-23(30)20-9-8-19(28(31)32)12-21(20)25/h3-12,24H,13H2,1-2H3,(H,26,30). The average Bonchev–Trinajstić information content (AvgIpc) is 3.17. The molecule has 3 aromatic carbocycles. The van der Waals surface area contributed by atoms with E-state index in [0.717, 1.165) is 28.4 Å². The molecule has 3 aromatic rings. The number of hydrogen-bond donors (Lipinski definition) is 1. The maximum absolute atomic E-state index is 12.7. The van der Waals surface area contributed by atoms with E-state index in [1.807, 2.05) is 50.2 Å². The van der Waals surface area contributed by atoms with Crippen LogP contribution in [-0.2, 0) is 4.79 Å². The number of nitro groups is 1. The van der Waals surface area contributed by atoms with Gasteiger partial charge in [-0.05, 0) is 60.9 Å². The van der Waals surface area contributed by atoms with Crippen molar-refractivity contribution >= 4 is 52.2 Å².